The van der Waals surface area contributed by atoms with E-state index in [1.54, 1.807) is 12.3 Å². The zero-order valence-electron chi connectivity index (χ0n) is 26.6. The zero-order valence-corrected chi connectivity index (χ0v) is 27.6. The Morgan fingerprint density at radius 2 is 1.86 bits per heavy atom. The van der Waals surface area contributed by atoms with Gasteiger partial charge in [-0.3, -0.25) is 15.0 Å². The van der Waals surface area contributed by atoms with Gasteiger partial charge in [-0.25, -0.2) is 4.39 Å². The van der Waals surface area contributed by atoms with Gasteiger partial charge in [0, 0.05) is 62.3 Å². The number of aromatic nitrogens is 3. The van der Waals surface area contributed by atoms with Crippen LogP contribution in [-0.2, 0) is 15.8 Å². The van der Waals surface area contributed by atoms with E-state index < -0.39 is 8.32 Å². The standard InChI is InChI=1S/C34H44FN5O3Si/c1-34(2,3)44(4,5)43-19-16-39-12-14-40(15-13-39)30-11-10-24-20-31(30)42-18-7-17-41-23-25-8-6-9-27(35)32(25)28-21-26-29(22-36-28)37-38-33(24)26/h6,8-11,20-22H,7,12-19,23H2,1-5H3,(H,37,38). The van der Waals surface area contributed by atoms with Crippen LogP contribution in [0.5, 0.6) is 5.75 Å². The second-order valence-electron chi connectivity index (χ2n) is 13.3. The highest BCUT2D eigenvalue weighted by Gasteiger charge is 2.37. The fourth-order valence-electron chi connectivity index (χ4n) is 5.67. The fraction of sp³-hybridized carbons (Fsp3) is 0.471. The normalized spacial score (nSPS) is 16.8. The number of nitrogens with one attached hydrogen (secondary N) is 1. The summed E-state index contributed by atoms with van der Waals surface area (Å²) in [6.07, 6.45) is 2.44. The second-order valence-corrected chi connectivity index (χ2v) is 18.1. The van der Waals surface area contributed by atoms with Crippen molar-refractivity contribution in [2.24, 2.45) is 0 Å². The van der Waals surface area contributed by atoms with Crippen molar-refractivity contribution in [2.75, 3.05) is 57.4 Å². The predicted octanol–water partition coefficient (Wildman–Crippen LogP) is 6.87. The van der Waals surface area contributed by atoms with Crippen LogP contribution in [0.25, 0.3) is 33.4 Å². The van der Waals surface area contributed by atoms with Gasteiger partial charge < -0.3 is 18.8 Å². The Kier molecular flexibility index (Phi) is 8.78. The maximum absolute atomic E-state index is 15.1. The molecule has 6 rings (SSSR count). The van der Waals surface area contributed by atoms with Gasteiger partial charge in [-0.15, -0.1) is 0 Å². The Balaban J connectivity index is 1.24. The number of pyridine rings is 1. The van der Waals surface area contributed by atoms with E-state index in [9.17, 15) is 0 Å². The van der Waals surface area contributed by atoms with Crippen LogP contribution in [0.3, 0.4) is 0 Å². The molecular weight excluding hydrogens is 573 g/mol. The molecule has 2 aromatic heterocycles. The summed E-state index contributed by atoms with van der Waals surface area (Å²) in [5.74, 6) is 0.525. The average Bonchev–Trinajstić information content (AvgIpc) is 3.41. The number of aromatic amines is 1. The summed E-state index contributed by atoms with van der Waals surface area (Å²) >= 11 is 0. The first kappa shape index (κ1) is 30.7. The van der Waals surface area contributed by atoms with Crippen molar-refractivity contribution >= 4 is 24.9 Å². The number of anilines is 1. The van der Waals surface area contributed by atoms with Crippen molar-refractivity contribution < 1.29 is 18.3 Å². The van der Waals surface area contributed by atoms with Gasteiger partial charge in [-0.05, 0) is 48.0 Å². The molecule has 1 N–H and O–H groups in total. The molecule has 1 fully saturated rings. The molecule has 1 saturated heterocycles. The molecule has 0 amide bonds. The predicted molar refractivity (Wildman–Crippen MR) is 176 cm³/mol. The SMILES string of the molecule is CC(C)(C)[Si](C)(C)OCCN1CCN(c2ccc3cc2OCCCOCc2cccc(F)c2-c2cc4c-3n[nH]c4cn2)CC1. The highest BCUT2D eigenvalue weighted by atomic mass is 28.4. The summed E-state index contributed by atoms with van der Waals surface area (Å²) in [7, 11) is -1.74. The van der Waals surface area contributed by atoms with Crippen molar-refractivity contribution in [1.82, 2.24) is 20.1 Å². The first-order valence-corrected chi connectivity index (χ1v) is 18.6. The number of H-pyrrole nitrogens is 1. The topological polar surface area (TPSA) is 75.7 Å². The van der Waals surface area contributed by atoms with Gasteiger partial charge in [0.15, 0.2) is 8.32 Å². The summed E-state index contributed by atoms with van der Waals surface area (Å²) in [4.78, 5) is 9.49. The van der Waals surface area contributed by atoms with Gasteiger partial charge in [0.05, 0.1) is 42.9 Å². The number of rotatable bonds is 5. The molecule has 0 aliphatic carbocycles. The van der Waals surface area contributed by atoms with Crippen molar-refractivity contribution in [3.05, 3.63) is 60.0 Å². The van der Waals surface area contributed by atoms with Gasteiger partial charge in [-0.2, -0.15) is 5.10 Å². The molecule has 2 aromatic carbocycles. The molecule has 0 saturated carbocycles. The van der Waals surface area contributed by atoms with E-state index in [1.165, 1.54) is 6.07 Å². The molecular formula is C34H44FN5O3Si. The average molecular weight is 618 g/mol. The lowest BCUT2D eigenvalue weighted by atomic mass is 10.0. The Labute approximate surface area is 260 Å². The lowest BCUT2D eigenvalue weighted by Gasteiger charge is -2.39. The van der Waals surface area contributed by atoms with Crippen LogP contribution in [0.1, 0.15) is 32.8 Å². The van der Waals surface area contributed by atoms with Crippen molar-refractivity contribution in [1.29, 1.82) is 0 Å². The van der Waals surface area contributed by atoms with Gasteiger partial charge in [0.2, 0.25) is 0 Å². The molecule has 4 bridgehead atoms. The number of hydrogen-bond acceptors (Lipinski definition) is 7. The lowest BCUT2D eigenvalue weighted by Crippen LogP contribution is -2.48. The maximum Gasteiger partial charge on any atom is 0.192 e. The molecule has 234 valence electrons. The van der Waals surface area contributed by atoms with E-state index >= 15 is 4.39 Å². The summed E-state index contributed by atoms with van der Waals surface area (Å²) in [5, 5.41) is 8.85. The number of nitrogens with zero attached hydrogens (tertiary/aromatic N) is 4. The minimum absolute atomic E-state index is 0.223. The number of halogens is 1. The number of fused-ring (bicyclic) bond motifs is 6. The van der Waals surface area contributed by atoms with E-state index in [4.69, 9.17) is 13.9 Å². The maximum atomic E-state index is 15.1. The van der Waals surface area contributed by atoms with Crippen LogP contribution < -0.4 is 9.64 Å². The Bertz CT molecular complexity index is 1610. The molecule has 2 aliphatic rings. The minimum atomic E-state index is -1.74. The van der Waals surface area contributed by atoms with E-state index in [0.29, 0.717) is 31.1 Å². The van der Waals surface area contributed by atoms with E-state index in [-0.39, 0.29) is 10.9 Å². The molecule has 0 spiro atoms. The van der Waals surface area contributed by atoms with Crippen molar-refractivity contribution in [2.45, 2.75) is 51.9 Å². The van der Waals surface area contributed by atoms with Gasteiger partial charge in [0.25, 0.3) is 0 Å². The summed E-state index contributed by atoms with van der Waals surface area (Å²) in [6, 6.07) is 13.3. The van der Waals surface area contributed by atoms with Crippen LogP contribution in [0.2, 0.25) is 18.1 Å². The van der Waals surface area contributed by atoms with E-state index in [2.05, 4.69) is 77.0 Å². The van der Waals surface area contributed by atoms with Crippen LogP contribution in [-0.4, -0.2) is 80.9 Å². The monoisotopic (exact) mass is 617 g/mol. The Morgan fingerprint density at radius 1 is 1.05 bits per heavy atom. The minimum Gasteiger partial charge on any atom is -0.491 e. The first-order valence-electron chi connectivity index (χ1n) is 15.7. The molecule has 4 heterocycles. The number of piperazine rings is 1. The fourth-order valence-corrected chi connectivity index (χ4v) is 6.71. The lowest BCUT2D eigenvalue weighted by molar-refractivity contribution is 0.107. The summed E-state index contributed by atoms with van der Waals surface area (Å²) in [6.45, 7) is 18.4. The van der Waals surface area contributed by atoms with Gasteiger partial charge in [0.1, 0.15) is 17.3 Å². The van der Waals surface area contributed by atoms with Crippen LogP contribution in [0.4, 0.5) is 10.1 Å². The van der Waals surface area contributed by atoms with Crippen LogP contribution in [0, 0.1) is 5.82 Å². The highest BCUT2D eigenvalue weighted by Crippen LogP contribution is 2.38. The number of benzene rings is 2. The summed E-state index contributed by atoms with van der Waals surface area (Å²) < 4.78 is 33.9. The van der Waals surface area contributed by atoms with Crippen LogP contribution >= 0.6 is 0 Å². The van der Waals surface area contributed by atoms with E-state index in [1.807, 2.05) is 12.1 Å². The molecule has 0 radical (unpaired) electrons. The summed E-state index contributed by atoms with van der Waals surface area (Å²) in [5.41, 5.74) is 5.41. The van der Waals surface area contributed by atoms with Crippen LogP contribution in [0.15, 0.2) is 48.7 Å². The smallest absolute Gasteiger partial charge is 0.192 e. The number of hydrogen-bond donors (Lipinski definition) is 1. The molecule has 0 atom stereocenters. The third kappa shape index (κ3) is 6.40. The molecule has 10 heteroatoms. The molecule has 4 aromatic rings. The largest absolute Gasteiger partial charge is 0.491 e. The molecule has 2 aliphatic heterocycles. The number of ether oxygens (including phenoxy) is 2. The first-order chi connectivity index (χ1) is 21.1. The van der Waals surface area contributed by atoms with Crippen molar-refractivity contribution in [3.63, 3.8) is 0 Å². The third-order valence-electron chi connectivity index (χ3n) is 9.37. The van der Waals surface area contributed by atoms with E-state index in [0.717, 1.165) is 84.9 Å². The van der Waals surface area contributed by atoms with Gasteiger partial charge in [-0.1, -0.05) is 39.0 Å². The van der Waals surface area contributed by atoms with Gasteiger partial charge >= 0.3 is 0 Å². The quantitative estimate of drug-likeness (QED) is 0.245. The molecule has 0 unspecified atom stereocenters. The third-order valence-corrected chi connectivity index (χ3v) is 13.9. The zero-order chi connectivity index (χ0) is 30.9. The highest BCUT2D eigenvalue weighted by molar-refractivity contribution is 6.74. The Hall–Kier alpha value is -3.31. The molecule has 8 nitrogen and oxygen atoms in total. The Morgan fingerprint density at radius 3 is 2.66 bits per heavy atom. The second kappa shape index (κ2) is 12.6. The van der Waals surface area contributed by atoms with Crippen molar-refractivity contribution in [3.8, 4) is 28.3 Å². The molecule has 44 heavy (non-hydrogen) atoms.